The predicted molar refractivity (Wildman–Crippen MR) is 64.6 cm³/mol. The SMILES string of the molecule is COC(=O)C(C)(C)N1CC(C(C)C)N(C)C1=O. The lowest BCUT2D eigenvalue weighted by molar-refractivity contribution is -0.151. The summed E-state index contributed by atoms with van der Waals surface area (Å²) in [6, 6.07) is 0.0329. The van der Waals surface area contributed by atoms with Crippen LogP contribution in [0.25, 0.3) is 0 Å². The fourth-order valence-electron chi connectivity index (χ4n) is 2.21. The first-order chi connectivity index (χ1) is 7.73. The second kappa shape index (κ2) is 4.55. The molecule has 1 rings (SSSR count). The van der Waals surface area contributed by atoms with E-state index in [4.69, 9.17) is 4.74 Å². The number of hydrogen-bond donors (Lipinski definition) is 0. The van der Waals surface area contributed by atoms with E-state index in [0.29, 0.717) is 12.5 Å². The Labute approximate surface area is 103 Å². The van der Waals surface area contributed by atoms with Gasteiger partial charge in [0.05, 0.1) is 13.2 Å². The summed E-state index contributed by atoms with van der Waals surface area (Å²) in [4.78, 5) is 27.1. The maximum atomic E-state index is 12.1. The Kier molecular flexibility index (Phi) is 3.69. The molecule has 1 unspecified atom stereocenters. The summed E-state index contributed by atoms with van der Waals surface area (Å²) in [5, 5.41) is 0. The van der Waals surface area contributed by atoms with Crippen molar-refractivity contribution in [3.05, 3.63) is 0 Å². The van der Waals surface area contributed by atoms with Gasteiger partial charge in [-0.3, -0.25) is 0 Å². The van der Waals surface area contributed by atoms with Gasteiger partial charge in [-0.05, 0) is 19.8 Å². The Morgan fingerprint density at radius 1 is 1.47 bits per heavy atom. The molecule has 1 atom stereocenters. The fraction of sp³-hybridized carbons (Fsp3) is 0.833. The van der Waals surface area contributed by atoms with Crippen LogP contribution in [0, 0.1) is 5.92 Å². The number of nitrogens with zero attached hydrogens (tertiary/aromatic N) is 2. The summed E-state index contributed by atoms with van der Waals surface area (Å²) in [7, 11) is 3.12. The zero-order chi connectivity index (χ0) is 13.4. The van der Waals surface area contributed by atoms with Crippen molar-refractivity contribution in [1.82, 2.24) is 9.80 Å². The number of esters is 1. The molecule has 1 aliphatic heterocycles. The van der Waals surface area contributed by atoms with Gasteiger partial charge in [0, 0.05) is 13.6 Å². The van der Waals surface area contributed by atoms with Crippen LogP contribution in [0.4, 0.5) is 4.79 Å². The molecule has 1 heterocycles. The van der Waals surface area contributed by atoms with Crippen LogP contribution in [0.1, 0.15) is 27.7 Å². The Hall–Kier alpha value is -1.26. The van der Waals surface area contributed by atoms with Gasteiger partial charge in [0.15, 0.2) is 0 Å². The number of rotatable bonds is 3. The van der Waals surface area contributed by atoms with Crippen molar-refractivity contribution < 1.29 is 14.3 Å². The summed E-state index contributed by atoms with van der Waals surface area (Å²) >= 11 is 0. The van der Waals surface area contributed by atoms with Crippen molar-refractivity contribution in [3.8, 4) is 0 Å². The first-order valence-electron chi connectivity index (χ1n) is 5.86. The van der Waals surface area contributed by atoms with Gasteiger partial charge >= 0.3 is 12.0 Å². The monoisotopic (exact) mass is 242 g/mol. The highest BCUT2D eigenvalue weighted by molar-refractivity contribution is 5.87. The third-order valence-electron chi connectivity index (χ3n) is 3.53. The van der Waals surface area contributed by atoms with Crippen LogP contribution in [0.15, 0.2) is 0 Å². The average Bonchev–Trinajstić information content (AvgIpc) is 2.55. The van der Waals surface area contributed by atoms with Crippen LogP contribution >= 0.6 is 0 Å². The van der Waals surface area contributed by atoms with Crippen LogP contribution in [-0.2, 0) is 9.53 Å². The number of urea groups is 1. The minimum Gasteiger partial charge on any atom is -0.467 e. The third-order valence-corrected chi connectivity index (χ3v) is 3.53. The minimum atomic E-state index is -0.913. The van der Waals surface area contributed by atoms with Crippen molar-refractivity contribution in [3.63, 3.8) is 0 Å². The molecule has 98 valence electrons. The minimum absolute atomic E-state index is 0.112. The van der Waals surface area contributed by atoms with E-state index in [2.05, 4.69) is 13.8 Å². The molecule has 0 bridgehead atoms. The van der Waals surface area contributed by atoms with Gasteiger partial charge in [-0.1, -0.05) is 13.8 Å². The molecule has 0 N–H and O–H groups in total. The van der Waals surface area contributed by atoms with E-state index < -0.39 is 5.54 Å². The van der Waals surface area contributed by atoms with E-state index in [-0.39, 0.29) is 18.0 Å². The Balaban J connectivity index is 2.94. The van der Waals surface area contributed by atoms with Gasteiger partial charge in [-0.25, -0.2) is 9.59 Å². The Morgan fingerprint density at radius 3 is 2.35 bits per heavy atom. The zero-order valence-electron chi connectivity index (χ0n) is 11.5. The average molecular weight is 242 g/mol. The molecule has 1 saturated heterocycles. The molecule has 0 radical (unpaired) electrons. The van der Waals surface area contributed by atoms with E-state index >= 15 is 0 Å². The number of hydrogen-bond acceptors (Lipinski definition) is 3. The number of amides is 2. The molecule has 5 nitrogen and oxygen atoms in total. The van der Waals surface area contributed by atoms with Crippen LogP contribution in [-0.4, -0.2) is 54.1 Å². The zero-order valence-corrected chi connectivity index (χ0v) is 11.5. The fourth-order valence-corrected chi connectivity index (χ4v) is 2.21. The summed E-state index contributed by atoms with van der Waals surface area (Å²) in [6.45, 7) is 8.14. The van der Waals surface area contributed by atoms with E-state index in [1.54, 1.807) is 30.7 Å². The highest BCUT2D eigenvalue weighted by atomic mass is 16.5. The Bertz CT molecular complexity index is 326. The summed E-state index contributed by atoms with van der Waals surface area (Å²) < 4.78 is 4.76. The van der Waals surface area contributed by atoms with Crippen molar-refractivity contribution >= 4 is 12.0 Å². The number of carbonyl (C=O) groups excluding carboxylic acids is 2. The molecule has 0 aromatic rings. The van der Waals surface area contributed by atoms with Crippen molar-refractivity contribution in [2.24, 2.45) is 5.92 Å². The van der Waals surface area contributed by atoms with Crippen molar-refractivity contribution in [2.75, 3.05) is 20.7 Å². The van der Waals surface area contributed by atoms with Crippen molar-refractivity contribution in [2.45, 2.75) is 39.3 Å². The highest BCUT2D eigenvalue weighted by Gasteiger charge is 2.47. The van der Waals surface area contributed by atoms with Crippen molar-refractivity contribution in [1.29, 1.82) is 0 Å². The molecule has 0 aromatic heterocycles. The predicted octanol–water partition coefficient (Wildman–Crippen LogP) is 1.33. The Morgan fingerprint density at radius 2 is 2.00 bits per heavy atom. The van der Waals surface area contributed by atoms with Crippen LogP contribution in [0.5, 0.6) is 0 Å². The van der Waals surface area contributed by atoms with Crippen LogP contribution in [0.2, 0.25) is 0 Å². The first-order valence-corrected chi connectivity index (χ1v) is 5.86. The lowest BCUT2D eigenvalue weighted by Crippen LogP contribution is -2.52. The van der Waals surface area contributed by atoms with E-state index in [1.165, 1.54) is 7.11 Å². The number of carbonyl (C=O) groups is 2. The lowest BCUT2D eigenvalue weighted by Gasteiger charge is -2.32. The maximum absolute atomic E-state index is 12.1. The normalized spacial score (nSPS) is 21.4. The molecule has 2 amide bonds. The molecule has 5 heteroatoms. The van der Waals surface area contributed by atoms with E-state index in [0.717, 1.165) is 0 Å². The van der Waals surface area contributed by atoms with Crippen LogP contribution < -0.4 is 0 Å². The standard InChI is InChI=1S/C12H22N2O3/c1-8(2)9-7-14(11(16)13(9)5)12(3,4)10(15)17-6/h8-9H,7H2,1-6H3. The van der Waals surface area contributed by atoms with Crippen LogP contribution in [0.3, 0.4) is 0 Å². The second-order valence-corrected chi connectivity index (χ2v) is 5.37. The lowest BCUT2D eigenvalue weighted by atomic mass is 10.0. The molecular weight excluding hydrogens is 220 g/mol. The van der Waals surface area contributed by atoms with E-state index in [1.807, 2.05) is 0 Å². The van der Waals surface area contributed by atoms with Gasteiger partial charge in [0.25, 0.3) is 0 Å². The molecule has 17 heavy (non-hydrogen) atoms. The molecule has 0 aliphatic carbocycles. The van der Waals surface area contributed by atoms with Gasteiger partial charge < -0.3 is 14.5 Å². The molecule has 0 aromatic carbocycles. The third kappa shape index (κ3) is 2.23. The molecular formula is C12H22N2O3. The molecule has 1 aliphatic rings. The van der Waals surface area contributed by atoms with Gasteiger partial charge in [0.1, 0.15) is 5.54 Å². The number of methoxy groups -OCH3 is 1. The number of likely N-dealkylation sites (N-methyl/N-ethyl adjacent to an activating group) is 1. The molecule has 1 fully saturated rings. The maximum Gasteiger partial charge on any atom is 0.331 e. The number of ether oxygens (including phenoxy) is 1. The summed E-state index contributed by atoms with van der Waals surface area (Å²) in [5.74, 6) is -0.0222. The van der Waals surface area contributed by atoms with E-state index in [9.17, 15) is 9.59 Å². The molecule has 0 spiro atoms. The van der Waals surface area contributed by atoms with Gasteiger partial charge in [-0.15, -0.1) is 0 Å². The largest absolute Gasteiger partial charge is 0.467 e. The van der Waals surface area contributed by atoms with Gasteiger partial charge in [0.2, 0.25) is 0 Å². The summed E-state index contributed by atoms with van der Waals surface area (Å²) in [6.07, 6.45) is 0. The highest BCUT2D eigenvalue weighted by Crippen LogP contribution is 2.27. The topological polar surface area (TPSA) is 49.9 Å². The summed E-state index contributed by atoms with van der Waals surface area (Å²) in [5.41, 5.74) is -0.913. The molecule has 0 saturated carbocycles. The first kappa shape index (κ1) is 13.8. The van der Waals surface area contributed by atoms with Gasteiger partial charge in [-0.2, -0.15) is 0 Å². The quantitative estimate of drug-likeness (QED) is 0.701. The second-order valence-electron chi connectivity index (χ2n) is 5.37. The smallest absolute Gasteiger partial charge is 0.331 e.